The summed E-state index contributed by atoms with van der Waals surface area (Å²) in [5, 5.41) is 9.43. The smallest absolute Gasteiger partial charge is 0.146 e. The quantitative estimate of drug-likeness (QED) is 0.452. The Balaban J connectivity index is 1.21. The van der Waals surface area contributed by atoms with Crippen LogP contribution in [0.1, 0.15) is 28.2 Å². The first-order valence-corrected chi connectivity index (χ1v) is 12.6. The monoisotopic (exact) mass is 460 g/mol. The number of fused-ring (bicyclic) bond motifs is 3. The average Bonchev–Trinajstić information content (AvgIpc) is 3.57. The van der Waals surface area contributed by atoms with Crippen LogP contribution in [0.4, 0.5) is 5.82 Å². The second-order valence-electron chi connectivity index (χ2n) is 8.72. The van der Waals surface area contributed by atoms with Gasteiger partial charge >= 0.3 is 0 Å². The molecule has 1 aliphatic carbocycles. The lowest BCUT2D eigenvalue weighted by molar-refractivity contribution is 0.0331. The number of para-hydroxylation sites is 1. The molecule has 0 unspecified atom stereocenters. The molecule has 1 saturated heterocycles. The Kier molecular flexibility index (Phi) is 5.80. The second kappa shape index (κ2) is 9.21. The van der Waals surface area contributed by atoms with Crippen molar-refractivity contribution < 1.29 is 4.74 Å². The number of morpholine rings is 1. The predicted octanol–water partition coefficient (Wildman–Crippen LogP) is 3.85. The Hall–Kier alpha value is -2.81. The Morgan fingerprint density at radius 2 is 1.94 bits per heavy atom. The van der Waals surface area contributed by atoms with Crippen LogP contribution in [0.15, 0.2) is 42.7 Å². The van der Waals surface area contributed by atoms with Gasteiger partial charge in [0, 0.05) is 30.7 Å². The highest BCUT2D eigenvalue weighted by Crippen LogP contribution is 2.39. The fourth-order valence-corrected chi connectivity index (χ4v) is 6.01. The molecule has 7 nitrogen and oxygen atoms in total. The van der Waals surface area contributed by atoms with E-state index in [1.807, 2.05) is 40.4 Å². The van der Waals surface area contributed by atoms with E-state index in [1.54, 1.807) is 0 Å². The highest BCUT2D eigenvalue weighted by Gasteiger charge is 2.23. The maximum absolute atomic E-state index is 5.50. The Morgan fingerprint density at radius 3 is 2.82 bits per heavy atom. The van der Waals surface area contributed by atoms with Gasteiger partial charge in [0.2, 0.25) is 0 Å². The summed E-state index contributed by atoms with van der Waals surface area (Å²) in [5.74, 6) is 1.90. The van der Waals surface area contributed by atoms with E-state index in [2.05, 4.69) is 33.6 Å². The molecule has 0 saturated carbocycles. The van der Waals surface area contributed by atoms with Gasteiger partial charge in [0.25, 0.3) is 0 Å². The minimum Gasteiger partial charge on any atom is -0.379 e. The molecule has 8 heteroatoms. The van der Waals surface area contributed by atoms with Crippen LogP contribution >= 0.6 is 11.3 Å². The van der Waals surface area contributed by atoms with E-state index in [-0.39, 0.29) is 0 Å². The van der Waals surface area contributed by atoms with Crippen molar-refractivity contribution in [1.29, 1.82) is 0 Å². The van der Waals surface area contributed by atoms with Crippen molar-refractivity contribution in [3.8, 4) is 5.69 Å². The number of aromatic nitrogens is 4. The lowest BCUT2D eigenvalue weighted by Crippen LogP contribution is -2.36. The largest absolute Gasteiger partial charge is 0.379 e. The lowest BCUT2D eigenvalue weighted by Gasteiger charge is -2.25. The highest BCUT2D eigenvalue weighted by molar-refractivity contribution is 7.19. The van der Waals surface area contributed by atoms with Crippen LogP contribution in [-0.4, -0.2) is 57.5 Å². The summed E-state index contributed by atoms with van der Waals surface area (Å²) >= 11 is 1.86. The zero-order valence-electron chi connectivity index (χ0n) is 18.7. The summed E-state index contributed by atoms with van der Waals surface area (Å²) in [5.41, 5.74) is 3.75. The highest BCUT2D eigenvalue weighted by atomic mass is 32.1. The molecule has 4 heterocycles. The number of aryl methyl sites for hydroxylation is 2. The van der Waals surface area contributed by atoms with E-state index in [1.165, 1.54) is 34.2 Å². The second-order valence-corrected chi connectivity index (χ2v) is 9.80. The normalized spacial score (nSPS) is 16.4. The molecule has 0 atom stereocenters. The number of rotatable bonds is 7. The van der Waals surface area contributed by atoms with Gasteiger partial charge in [0.15, 0.2) is 0 Å². The third-order valence-electron chi connectivity index (χ3n) is 6.44. The minimum atomic E-state index is 0.778. The molecule has 0 bridgehead atoms. The lowest BCUT2D eigenvalue weighted by atomic mass is 10.2. The van der Waals surface area contributed by atoms with Crippen LogP contribution in [0.25, 0.3) is 15.9 Å². The summed E-state index contributed by atoms with van der Waals surface area (Å²) in [6.07, 6.45) is 8.51. The van der Waals surface area contributed by atoms with Crippen LogP contribution < -0.4 is 5.32 Å². The number of benzene rings is 1. The van der Waals surface area contributed by atoms with Crippen molar-refractivity contribution in [2.24, 2.45) is 0 Å². The van der Waals surface area contributed by atoms with E-state index in [0.717, 1.165) is 74.4 Å². The number of nitrogens with one attached hydrogen (secondary N) is 1. The van der Waals surface area contributed by atoms with E-state index >= 15 is 0 Å². The summed E-state index contributed by atoms with van der Waals surface area (Å²) in [7, 11) is 0. The summed E-state index contributed by atoms with van der Waals surface area (Å²) in [6, 6.07) is 10.2. The number of nitrogens with zero attached hydrogens (tertiary/aromatic N) is 5. The summed E-state index contributed by atoms with van der Waals surface area (Å²) < 4.78 is 7.43. The van der Waals surface area contributed by atoms with E-state index in [0.29, 0.717) is 0 Å². The zero-order chi connectivity index (χ0) is 22.0. The number of hydrogen-bond acceptors (Lipinski definition) is 7. The van der Waals surface area contributed by atoms with Crippen LogP contribution in [0.5, 0.6) is 0 Å². The SMILES string of the molecule is c1ccc(-n2cc(CCNc3nc(CN4CCOCC4)nc4sc5c(c34)CCC5)cn2)cc1. The molecule has 1 N–H and O–H groups in total. The minimum absolute atomic E-state index is 0.778. The van der Waals surface area contributed by atoms with Gasteiger partial charge in [-0.15, -0.1) is 11.3 Å². The Labute approximate surface area is 197 Å². The van der Waals surface area contributed by atoms with Crippen LogP contribution in [-0.2, 0) is 30.5 Å². The number of hydrogen-bond donors (Lipinski definition) is 1. The standard InChI is InChI=1S/C25H28N6OS/c1-2-5-19(6-3-1)31-16-18(15-27-31)9-10-26-24-23-20-7-4-8-21(20)33-25(23)29-22(28-24)17-30-11-13-32-14-12-30/h1-3,5-6,15-16H,4,7-14,17H2,(H,26,28,29). The Morgan fingerprint density at radius 1 is 1.06 bits per heavy atom. The fourth-order valence-electron chi connectivity index (χ4n) is 4.73. The molecule has 0 spiro atoms. The third kappa shape index (κ3) is 4.38. The van der Waals surface area contributed by atoms with Crippen molar-refractivity contribution in [2.45, 2.75) is 32.2 Å². The third-order valence-corrected chi connectivity index (χ3v) is 7.63. The first-order valence-electron chi connectivity index (χ1n) is 11.8. The van der Waals surface area contributed by atoms with Crippen molar-refractivity contribution in [3.63, 3.8) is 0 Å². The first kappa shape index (κ1) is 20.8. The van der Waals surface area contributed by atoms with Crippen LogP contribution in [0.3, 0.4) is 0 Å². The van der Waals surface area contributed by atoms with Gasteiger partial charge in [-0.1, -0.05) is 18.2 Å². The van der Waals surface area contributed by atoms with Crippen LogP contribution in [0.2, 0.25) is 0 Å². The summed E-state index contributed by atoms with van der Waals surface area (Å²) in [6.45, 7) is 5.05. The van der Waals surface area contributed by atoms with Gasteiger partial charge in [0.05, 0.1) is 37.0 Å². The zero-order valence-corrected chi connectivity index (χ0v) is 19.5. The summed E-state index contributed by atoms with van der Waals surface area (Å²) in [4.78, 5) is 15.0. The van der Waals surface area contributed by atoms with Gasteiger partial charge in [-0.05, 0) is 48.9 Å². The maximum atomic E-state index is 5.50. The van der Waals surface area contributed by atoms with E-state index in [4.69, 9.17) is 14.7 Å². The number of thiophene rings is 1. The van der Waals surface area contributed by atoms with Crippen molar-refractivity contribution in [2.75, 3.05) is 38.2 Å². The van der Waals surface area contributed by atoms with E-state index < -0.39 is 0 Å². The number of ether oxygens (including phenoxy) is 1. The van der Waals surface area contributed by atoms with Gasteiger partial charge < -0.3 is 10.1 Å². The topological polar surface area (TPSA) is 68.1 Å². The Bertz CT molecular complexity index is 1240. The van der Waals surface area contributed by atoms with Gasteiger partial charge in [-0.3, -0.25) is 4.90 Å². The maximum Gasteiger partial charge on any atom is 0.146 e. The van der Waals surface area contributed by atoms with Gasteiger partial charge in [-0.25, -0.2) is 14.6 Å². The van der Waals surface area contributed by atoms with Gasteiger partial charge in [-0.2, -0.15) is 5.10 Å². The molecule has 2 aliphatic rings. The molecule has 3 aromatic heterocycles. The average molecular weight is 461 g/mol. The fraction of sp³-hybridized carbons (Fsp3) is 0.400. The molecule has 0 amide bonds. The first-order chi connectivity index (χ1) is 16.3. The molecule has 1 fully saturated rings. The molecule has 6 rings (SSSR count). The van der Waals surface area contributed by atoms with Gasteiger partial charge in [0.1, 0.15) is 16.5 Å². The molecule has 33 heavy (non-hydrogen) atoms. The molecule has 170 valence electrons. The molecule has 1 aliphatic heterocycles. The number of anilines is 1. The van der Waals surface area contributed by atoms with Crippen molar-refractivity contribution in [3.05, 3.63) is 64.6 Å². The molecule has 0 radical (unpaired) electrons. The van der Waals surface area contributed by atoms with Crippen molar-refractivity contribution in [1.82, 2.24) is 24.6 Å². The van der Waals surface area contributed by atoms with Crippen molar-refractivity contribution >= 4 is 27.4 Å². The predicted molar refractivity (Wildman–Crippen MR) is 131 cm³/mol. The molecular formula is C25H28N6OS. The molecule has 4 aromatic rings. The van der Waals surface area contributed by atoms with E-state index in [9.17, 15) is 0 Å². The van der Waals surface area contributed by atoms with Crippen LogP contribution in [0, 0.1) is 0 Å². The molecular weight excluding hydrogens is 432 g/mol. The molecule has 1 aromatic carbocycles.